The summed E-state index contributed by atoms with van der Waals surface area (Å²) in [5.41, 5.74) is 8.62. The minimum atomic E-state index is 0.344. The number of nitrogens with two attached hydrogens (primary N) is 1. The number of H-pyrrole nitrogens is 1. The molecule has 0 saturated heterocycles. The van der Waals surface area contributed by atoms with Gasteiger partial charge in [-0.2, -0.15) is 4.98 Å². The Morgan fingerprint density at radius 3 is 3.09 bits per heavy atom. The van der Waals surface area contributed by atoms with Crippen molar-refractivity contribution in [3.63, 3.8) is 0 Å². The smallest absolute Gasteiger partial charge is 0.209 e. The van der Waals surface area contributed by atoms with Crippen LogP contribution in [0.25, 0.3) is 16.6 Å². The number of nitrogens with zero attached hydrogens (tertiary/aromatic N) is 4. The Balaban J connectivity index is 1.57. The number of hydrogen-bond donors (Lipinski definition) is 3. The molecular formula is C15H15N7O. The summed E-state index contributed by atoms with van der Waals surface area (Å²) in [6.07, 6.45) is 1.53. The highest BCUT2D eigenvalue weighted by atomic mass is 16.5. The van der Waals surface area contributed by atoms with Crippen LogP contribution in [-0.4, -0.2) is 31.7 Å². The van der Waals surface area contributed by atoms with Crippen LogP contribution in [0.15, 0.2) is 36.7 Å². The van der Waals surface area contributed by atoms with E-state index < -0.39 is 0 Å². The van der Waals surface area contributed by atoms with Crippen LogP contribution >= 0.6 is 0 Å². The van der Waals surface area contributed by atoms with E-state index >= 15 is 0 Å². The summed E-state index contributed by atoms with van der Waals surface area (Å²) in [4.78, 5) is 7.64. The van der Waals surface area contributed by atoms with E-state index in [4.69, 9.17) is 10.5 Å². The molecule has 8 heteroatoms. The van der Waals surface area contributed by atoms with E-state index in [1.165, 1.54) is 6.33 Å². The molecule has 0 saturated carbocycles. The second-order valence-corrected chi connectivity index (χ2v) is 5.16. The molecule has 0 spiro atoms. The third-order valence-electron chi connectivity index (χ3n) is 3.67. The Morgan fingerprint density at radius 2 is 2.22 bits per heavy atom. The summed E-state index contributed by atoms with van der Waals surface area (Å²) in [5.74, 6) is 1.83. The number of methoxy groups -OCH3 is 1. The SMILES string of the molecule is COc1ccc2[nH]c(CNc3cc4nncn4c(N)n3)cc2c1. The van der Waals surface area contributed by atoms with Crippen molar-refractivity contribution in [2.24, 2.45) is 0 Å². The zero-order valence-electron chi connectivity index (χ0n) is 12.4. The molecule has 0 aliphatic carbocycles. The number of nitrogen functional groups attached to an aromatic ring is 1. The predicted molar refractivity (Wildman–Crippen MR) is 87.4 cm³/mol. The highest BCUT2D eigenvalue weighted by Gasteiger charge is 2.06. The molecule has 0 bridgehead atoms. The van der Waals surface area contributed by atoms with Crippen molar-refractivity contribution in [2.45, 2.75) is 6.54 Å². The first kappa shape index (κ1) is 13.4. The van der Waals surface area contributed by atoms with Gasteiger partial charge in [-0.25, -0.2) is 0 Å². The number of aromatic nitrogens is 5. The monoisotopic (exact) mass is 309 g/mol. The van der Waals surface area contributed by atoms with Crippen LogP contribution < -0.4 is 15.8 Å². The average Bonchev–Trinajstić information content (AvgIpc) is 3.18. The van der Waals surface area contributed by atoms with E-state index in [2.05, 4.69) is 31.5 Å². The number of nitrogens with one attached hydrogen (secondary N) is 2. The van der Waals surface area contributed by atoms with E-state index in [0.29, 0.717) is 24.0 Å². The molecule has 0 aliphatic heterocycles. The summed E-state index contributed by atoms with van der Waals surface area (Å²) in [6, 6.07) is 9.79. The van der Waals surface area contributed by atoms with Gasteiger partial charge in [0, 0.05) is 22.7 Å². The second kappa shape index (κ2) is 5.16. The fraction of sp³-hybridized carbons (Fsp3) is 0.133. The Kier molecular flexibility index (Phi) is 3.00. The molecule has 0 atom stereocenters. The fourth-order valence-corrected chi connectivity index (χ4v) is 2.52. The average molecular weight is 309 g/mol. The van der Waals surface area contributed by atoms with E-state index in [9.17, 15) is 0 Å². The third kappa shape index (κ3) is 2.39. The Morgan fingerprint density at radius 1 is 1.30 bits per heavy atom. The number of fused-ring (bicyclic) bond motifs is 2. The highest BCUT2D eigenvalue weighted by molar-refractivity contribution is 5.82. The zero-order chi connectivity index (χ0) is 15.8. The molecule has 0 fully saturated rings. The van der Waals surface area contributed by atoms with Crippen LogP contribution in [0.2, 0.25) is 0 Å². The number of benzene rings is 1. The number of hydrogen-bond acceptors (Lipinski definition) is 6. The maximum absolute atomic E-state index is 5.87. The van der Waals surface area contributed by atoms with Gasteiger partial charge in [0.15, 0.2) is 5.65 Å². The lowest BCUT2D eigenvalue weighted by molar-refractivity contribution is 0.415. The first-order valence-electron chi connectivity index (χ1n) is 7.09. The van der Waals surface area contributed by atoms with Crippen molar-refractivity contribution in [3.05, 3.63) is 42.4 Å². The maximum atomic E-state index is 5.87. The van der Waals surface area contributed by atoms with Crippen molar-refractivity contribution in [2.75, 3.05) is 18.2 Å². The van der Waals surface area contributed by atoms with Gasteiger partial charge in [-0.05, 0) is 24.3 Å². The summed E-state index contributed by atoms with van der Waals surface area (Å²) >= 11 is 0. The fourth-order valence-electron chi connectivity index (χ4n) is 2.52. The number of rotatable bonds is 4. The van der Waals surface area contributed by atoms with Crippen LogP contribution in [-0.2, 0) is 6.54 Å². The van der Waals surface area contributed by atoms with Gasteiger partial charge in [-0.3, -0.25) is 4.40 Å². The van der Waals surface area contributed by atoms with Crippen LogP contribution in [0.1, 0.15) is 5.69 Å². The first-order chi connectivity index (χ1) is 11.2. The Labute approximate surface area is 131 Å². The molecule has 0 unspecified atom stereocenters. The van der Waals surface area contributed by atoms with Gasteiger partial charge in [-0.15, -0.1) is 10.2 Å². The largest absolute Gasteiger partial charge is 0.497 e. The van der Waals surface area contributed by atoms with Gasteiger partial charge in [0.1, 0.15) is 17.9 Å². The van der Waals surface area contributed by atoms with Crippen molar-refractivity contribution >= 4 is 28.3 Å². The standard InChI is InChI=1S/C15H15N7O/c1-23-11-2-3-12-9(5-11)4-10(19-12)7-17-13-6-14-21-18-8-22(14)15(16)20-13/h2-6,8,17,19H,7H2,1H3,(H2,16,20). The molecule has 3 heterocycles. The van der Waals surface area contributed by atoms with Crippen LogP contribution in [0, 0.1) is 0 Å². The van der Waals surface area contributed by atoms with Gasteiger partial charge < -0.3 is 20.8 Å². The zero-order valence-corrected chi connectivity index (χ0v) is 12.4. The van der Waals surface area contributed by atoms with Crippen LogP contribution in [0.3, 0.4) is 0 Å². The van der Waals surface area contributed by atoms with Gasteiger partial charge in [0.05, 0.1) is 13.7 Å². The van der Waals surface area contributed by atoms with E-state index in [0.717, 1.165) is 22.3 Å². The topological polar surface area (TPSA) is 106 Å². The lowest BCUT2D eigenvalue weighted by Gasteiger charge is -2.06. The predicted octanol–water partition coefficient (Wildman–Crippen LogP) is 1.81. The highest BCUT2D eigenvalue weighted by Crippen LogP contribution is 2.22. The van der Waals surface area contributed by atoms with Crippen LogP contribution in [0.5, 0.6) is 5.75 Å². The van der Waals surface area contributed by atoms with Gasteiger partial charge in [0.2, 0.25) is 5.95 Å². The van der Waals surface area contributed by atoms with Gasteiger partial charge in [0.25, 0.3) is 0 Å². The van der Waals surface area contributed by atoms with E-state index in [1.807, 2.05) is 18.2 Å². The van der Waals surface area contributed by atoms with Crippen LogP contribution in [0.4, 0.5) is 11.8 Å². The molecule has 0 amide bonds. The summed E-state index contributed by atoms with van der Waals surface area (Å²) in [7, 11) is 1.66. The second-order valence-electron chi connectivity index (χ2n) is 5.16. The minimum Gasteiger partial charge on any atom is -0.497 e. The molecule has 8 nitrogen and oxygen atoms in total. The number of anilines is 2. The van der Waals surface area contributed by atoms with Gasteiger partial charge in [-0.1, -0.05) is 0 Å². The summed E-state index contributed by atoms with van der Waals surface area (Å²) < 4.78 is 6.86. The lowest BCUT2D eigenvalue weighted by atomic mass is 10.2. The Bertz CT molecular complexity index is 988. The number of aromatic amines is 1. The minimum absolute atomic E-state index is 0.344. The Hall–Kier alpha value is -3.29. The molecule has 0 radical (unpaired) electrons. The third-order valence-corrected chi connectivity index (χ3v) is 3.67. The van der Waals surface area contributed by atoms with E-state index in [-0.39, 0.29) is 0 Å². The molecule has 116 valence electrons. The van der Waals surface area contributed by atoms with Crippen molar-refractivity contribution in [3.8, 4) is 5.75 Å². The molecular weight excluding hydrogens is 294 g/mol. The molecule has 3 aromatic heterocycles. The maximum Gasteiger partial charge on any atom is 0.209 e. The van der Waals surface area contributed by atoms with Crippen molar-refractivity contribution in [1.82, 2.24) is 24.6 Å². The summed E-state index contributed by atoms with van der Waals surface area (Å²) in [6.45, 7) is 0.591. The normalized spacial score (nSPS) is 11.2. The molecule has 1 aromatic carbocycles. The van der Waals surface area contributed by atoms with Crippen molar-refractivity contribution in [1.29, 1.82) is 0 Å². The first-order valence-corrected chi connectivity index (χ1v) is 7.09. The lowest BCUT2D eigenvalue weighted by Crippen LogP contribution is -2.06. The van der Waals surface area contributed by atoms with Crippen molar-refractivity contribution < 1.29 is 4.74 Å². The van der Waals surface area contributed by atoms with E-state index in [1.54, 1.807) is 17.6 Å². The molecule has 4 rings (SSSR count). The van der Waals surface area contributed by atoms with Gasteiger partial charge >= 0.3 is 0 Å². The molecule has 4 aromatic rings. The molecule has 0 aliphatic rings. The molecule has 4 N–H and O–H groups in total. The summed E-state index contributed by atoms with van der Waals surface area (Å²) in [5, 5.41) is 12.1. The molecule has 23 heavy (non-hydrogen) atoms. The quantitative estimate of drug-likeness (QED) is 0.531. The number of ether oxygens (including phenoxy) is 1.